The van der Waals surface area contributed by atoms with Crippen molar-refractivity contribution in [1.82, 2.24) is 24.1 Å². The van der Waals surface area contributed by atoms with Crippen molar-refractivity contribution in [1.29, 1.82) is 0 Å². The summed E-state index contributed by atoms with van der Waals surface area (Å²) in [4.78, 5) is 8.46. The van der Waals surface area contributed by atoms with Crippen LogP contribution in [0.2, 0.25) is 0 Å². The van der Waals surface area contributed by atoms with Crippen molar-refractivity contribution in [2.24, 2.45) is 7.05 Å². The van der Waals surface area contributed by atoms with E-state index < -0.39 is 0 Å². The minimum absolute atomic E-state index is 0.844. The van der Waals surface area contributed by atoms with E-state index >= 15 is 0 Å². The van der Waals surface area contributed by atoms with Crippen LogP contribution in [0, 0.1) is 0 Å². The van der Waals surface area contributed by atoms with Gasteiger partial charge in [0, 0.05) is 37.4 Å². The molecule has 0 radical (unpaired) electrons. The summed E-state index contributed by atoms with van der Waals surface area (Å²) in [6.45, 7) is 0. The van der Waals surface area contributed by atoms with Crippen LogP contribution in [0.3, 0.4) is 0 Å². The van der Waals surface area contributed by atoms with Gasteiger partial charge in [-0.2, -0.15) is 5.10 Å². The molecule has 3 aromatic rings. The monoisotopic (exact) mass is 199 g/mol. The summed E-state index contributed by atoms with van der Waals surface area (Å²) in [5, 5.41) is 4.11. The second-order valence-corrected chi connectivity index (χ2v) is 3.37. The van der Waals surface area contributed by atoms with E-state index in [2.05, 4.69) is 15.1 Å². The molecule has 3 aromatic heterocycles. The molecule has 5 heteroatoms. The molecule has 0 atom stereocenters. The first-order valence-corrected chi connectivity index (χ1v) is 4.61. The van der Waals surface area contributed by atoms with Gasteiger partial charge in [-0.1, -0.05) is 0 Å². The van der Waals surface area contributed by atoms with Crippen LogP contribution >= 0.6 is 0 Å². The average molecular weight is 199 g/mol. The van der Waals surface area contributed by atoms with Crippen molar-refractivity contribution >= 4 is 5.65 Å². The van der Waals surface area contributed by atoms with Gasteiger partial charge >= 0.3 is 0 Å². The predicted molar refractivity (Wildman–Crippen MR) is 55.2 cm³/mol. The molecule has 0 amide bonds. The van der Waals surface area contributed by atoms with Crippen LogP contribution in [0.5, 0.6) is 0 Å². The highest BCUT2D eigenvalue weighted by atomic mass is 15.2. The lowest BCUT2D eigenvalue weighted by Gasteiger charge is -1.86. The van der Waals surface area contributed by atoms with Gasteiger partial charge < -0.3 is 4.40 Å². The van der Waals surface area contributed by atoms with E-state index in [0.717, 1.165) is 16.9 Å². The molecule has 0 aliphatic heterocycles. The zero-order valence-electron chi connectivity index (χ0n) is 8.20. The Morgan fingerprint density at radius 2 is 2.13 bits per heavy atom. The van der Waals surface area contributed by atoms with Crippen LogP contribution in [0.25, 0.3) is 16.9 Å². The van der Waals surface area contributed by atoms with Gasteiger partial charge in [0.2, 0.25) is 0 Å². The summed E-state index contributed by atoms with van der Waals surface area (Å²) in [6.07, 6.45) is 11.1. The van der Waals surface area contributed by atoms with E-state index in [0.29, 0.717) is 0 Å². The van der Waals surface area contributed by atoms with Crippen LogP contribution in [-0.2, 0) is 7.05 Å². The molecule has 0 saturated heterocycles. The van der Waals surface area contributed by atoms with E-state index in [9.17, 15) is 0 Å². The first-order valence-electron chi connectivity index (χ1n) is 4.61. The van der Waals surface area contributed by atoms with Crippen LogP contribution in [0.1, 0.15) is 0 Å². The van der Waals surface area contributed by atoms with Crippen molar-refractivity contribution in [3.8, 4) is 11.3 Å². The highest BCUT2D eigenvalue weighted by Gasteiger charge is 2.05. The summed E-state index contributed by atoms with van der Waals surface area (Å²) in [5.74, 6) is 0. The number of aryl methyl sites for hydroxylation is 1. The van der Waals surface area contributed by atoms with Crippen LogP contribution < -0.4 is 0 Å². The van der Waals surface area contributed by atoms with E-state index in [1.807, 2.05) is 30.0 Å². The van der Waals surface area contributed by atoms with Gasteiger partial charge in [-0.25, -0.2) is 4.98 Å². The quantitative estimate of drug-likeness (QED) is 0.590. The maximum Gasteiger partial charge on any atom is 0.155 e. The highest BCUT2D eigenvalue weighted by molar-refractivity contribution is 5.60. The number of fused-ring (bicyclic) bond motifs is 1. The maximum atomic E-state index is 4.44. The Bertz CT molecular complexity index is 574. The molecular formula is C10H9N5. The Morgan fingerprint density at radius 1 is 1.20 bits per heavy atom. The van der Waals surface area contributed by atoms with E-state index in [4.69, 9.17) is 0 Å². The van der Waals surface area contributed by atoms with Gasteiger partial charge in [0.1, 0.15) is 0 Å². The summed E-state index contributed by atoms with van der Waals surface area (Å²) in [7, 11) is 1.89. The minimum atomic E-state index is 0.844. The third-order valence-corrected chi connectivity index (χ3v) is 2.26. The number of rotatable bonds is 1. The highest BCUT2D eigenvalue weighted by Crippen LogP contribution is 2.17. The third kappa shape index (κ3) is 1.28. The fourth-order valence-corrected chi connectivity index (χ4v) is 1.54. The van der Waals surface area contributed by atoms with Crippen molar-refractivity contribution in [2.45, 2.75) is 0 Å². The molecular weight excluding hydrogens is 190 g/mol. The van der Waals surface area contributed by atoms with E-state index in [1.165, 1.54) is 0 Å². The van der Waals surface area contributed by atoms with Crippen molar-refractivity contribution in [3.63, 3.8) is 0 Å². The second-order valence-electron chi connectivity index (χ2n) is 3.37. The summed E-state index contributed by atoms with van der Waals surface area (Å²) in [5.41, 5.74) is 2.77. The molecule has 0 unspecified atom stereocenters. The van der Waals surface area contributed by atoms with Gasteiger partial charge in [-0.15, -0.1) is 0 Å². The largest absolute Gasteiger partial charge is 0.304 e. The van der Waals surface area contributed by atoms with Crippen molar-refractivity contribution in [3.05, 3.63) is 37.2 Å². The second kappa shape index (κ2) is 2.91. The molecule has 74 valence electrons. The van der Waals surface area contributed by atoms with Crippen molar-refractivity contribution in [2.75, 3.05) is 0 Å². The number of hydrogen-bond acceptors (Lipinski definition) is 3. The predicted octanol–water partition coefficient (Wildman–Crippen LogP) is 1.13. The lowest BCUT2D eigenvalue weighted by molar-refractivity contribution is 0.768. The summed E-state index contributed by atoms with van der Waals surface area (Å²) >= 11 is 0. The normalized spacial score (nSPS) is 11.0. The number of aromatic nitrogens is 5. The van der Waals surface area contributed by atoms with E-state index in [-0.39, 0.29) is 0 Å². The first kappa shape index (κ1) is 8.16. The van der Waals surface area contributed by atoms with Gasteiger partial charge in [-0.05, 0) is 0 Å². The smallest absolute Gasteiger partial charge is 0.155 e. The fourth-order valence-electron chi connectivity index (χ4n) is 1.54. The molecule has 0 aromatic carbocycles. The zero-order valence-corrected chi connectivity index (χ0v) is 8.20. The Balaban J connectivity index is 2.19. The lowest BCUT2D eigenvalue weighted by Crippen LogP contribution is -1.84. The van der Waals surface area contributed by atoms with Gasteiger partial charge in [-0.3, -0.25) is 9.67 Å². The fraction of sp³-hybridized carbons (Fsp3) is 0.100. The first-order chi connectivity index (χ1) is 7.33. The van der Waals surface area contributed by atoms with Gasteiger partial charge in [0.05, 0.1) is 18.1 Å². The van der Waals surface area contributed by atoms with Crippen molar-refractivity contribution < 1.29 is 0 Å². The molecule has 0 spiro atoms. The molecule has 0 aliphatic carbocycles. The molecule has 3 heterocycles. The molecule has 0 aliphatic rings. The standard InChI is InChI=1S/C10H9N5/c1-14-6-8(4-12-14)9-7-15-3-2-11-5-10(15)13-9/h2-7H,1H3. The molecule has 0 fully saturated rings. The average Bonchev–Trinajstić information content (AvgIpc) is 2.82. The molecule has 0 saturated carbocycles. The van der Waals surface area contributed by atoms with Gasteiger partial charge in [0.15, 0.2) is 5.65 Å². The van der Waals surface area contributed by atoms with Crippen LogP contribution in [0.4, 0.5) is 0 Å². The number of hydrogen-bond donors (Lipinski definition) is 0. The molecule has 15 heavy (non-hydrogen) atoms. The molecule has 0 bridgehead atoms. The number of nitrogens with zero attached hydrogens (tertiary/aromatic N) is 5. The maximum absolute atomic E-state index is 4.44. The van der Waals surface area contributed by atoms with Gasteiger partial charge in [0.25, 0.3) is 0 Å². The third-order valence-electron chi connectivity index (χ3n) is 2.26. The SMILES string of the molecule is Cn1cc(-c2cn3ccncc3n2)cn1. The minimum Gasteiger partial charge on any atom is -0.304 e. The summed E-state index contributed by atoms with van der Waals surface area (Å²) in [6, 6.07) is 0. The Hall–Kier alpha value is -2.17. The summed E-state index contributed by atoms with van der Waals surface area (Å²) < 4.78 is 3.70. The van der Waals surface area contributed by atoms with Crippen LogP contribution in [-0.4, -0.2) is 24.1 Å². The van der Waals surface area contributed by atoms with E-state index in [1.54, 1.807) is 23.3 Å². The van der Waals surface area contributed by atoms with Crippen LogP contribution in [0.15, 0.2) is 37.2 Å². The Labute approximate surface area is 86.0 Å². The Kier molecular flexibility index (Phi) is 1.58. The topological polar surface area (TPSA) is 48.0 Å². The molecule has 5 nitrogen and oxygen atoms in total. The number of imidazole rings is 1. The molecule has 0 N–H and O–H groups in total. The Morgan fingerprint density at radius 3 is 2.87 bits per heavy atom. The molecule has 3 rings (SSSR count). The lowest BCUT2D eigenvalue weighted by atomic mass is 10.3. The zero-order chi connectivity index (χ0) is 10.3.